The molecule has 0 N–H and O–H groups in total. The summed E-state index contributed by atoms with van der Waals surface area (Å²) < 4.78 is 6.32. The van der Waals surface area contributed by atoms with Gasteiger partial charge >= 0.3 is 0 Å². The van der Waals surface area contributed by atoms with Crippen molar-refractivity contribution in [2.75, 3.05) is 0 Å². The van der Waals surface area contributed by atoms with Crippen LogP contribution >= 0.6 is 22.7 Å². The fraction of sp³-hybridized carbons (Fsp3) is 0.444. The largest absolute Gasteiger partial charge is 0.145 e. The van der Waals surface area contributed by atoms with E-state index in [2.05, 4.69) is 65.3 Å². The molecule has 0 radical (unpaired) electrons. The first-order chi connectivity index (χ1) is 10.00. The molecule has 2 aromatic heterocycles. The highest BCUT2D eigenvalue weighted by Gasteiger charge is 2.25. The first-order valence-corrected chi connectivity index (χ1v) is 16.6. The minimum atomic E-state index is -1.24. The Bertz CT molecular complexity index is 796. The third-order valence-electron chi connectivity index (χ3n) is 4.36. The van der Waals surface area contributed by atoms with Gasteiger partial charge in [-0.25, -0.2) is 0 Å². The predicted molar refractivity (Wildman–Crippen MR) is 113 cm³/mol. The molecule has 3 rings (SSSR count). The van der Waals surface area contributed by atoms with Crippen LogP contribution in [0, 0.1) is 13.8 Å². The van der Waals surface area contributed by atoms with E-state index in [1.807, 2.05) is 22.7 Å². The summed E-state index contributed by atoms with van der Waals surface area (Å²) in [5.41, 5.74) is 3.09. The van der Waals surface area contributed by atoms with E-state index >= 15 is 0 Å². The Morgan fingerprint density at radius 3 is 1.23 bits per heavy atom. The van der Waals surface area contributed by atoms with Gasteiger partial charge < -0.3 is 0 Å². The van der Waals surface area contributed by atoms with E-state index < -0.39 is 16.1 Å². The Balaban J connectivity index is 2.34. The van der Waals surface area contributed by atoms with Crippen LogP contribution in [-0.2, 0) is 0 Å². The number of aryl methyl sites for hydroxylation is 2. The average Bonchev–Trinajstić information content (AvgIpc) is 2.86. The van der Waals surface area contributed by atoms with Crippen molar-refractivity contribution in [2.24, 2.45) is 0 Å². The minimum Gasteiger partial charge on any atom is -0.145 e. The van der Waals surface area contributed by atoms with Crippen molar-refractivity contribution in [1.29, 1.82) is 0 Å². The van der Waals surface area contributed by atoms with Gasteiger partial charge in [0, 0.05) is 9.40 Å². The van der Waals surface area contributed by atoms with E-state index in [0.29, 0.717) is 0 Å². The summed E-state index contributed by atoms with van der Waals surface area (Å²) in [5, 5.41) is 3.00. The van der Waals surface area contributed by atoms with Crippen LogP contribution in [0.15, 0.2) is 12.1 Å². The second kappa shape index (κ2) is 5.03. The van der Waals surface area contributed by atoms with Gasteiger partial charge in [-0.05, 0) is 56.9 Å². The Hall–Kier alpha value is -0.426. The highest BCUT2D eigenvalue weighted by molar-refractivity contribution is 7.33. The molecule has 0 bridgehead atoms. The van der Waals surface area contributed by atoms with Crippen molar-refractivity contribution in [3.8, 4) is 0 Å². The molecule has 4 heteroatoms. The molecular formula is C18H26S2Si2. The van der Waals surface area contributed by atoms with Gasteiger partial charge in [-0.15, -0.1) is 22.7 Å². The maximum Gasteiger partial charge on any atom is 0.0908 e. The highest BCUT2D eigenvalue weighted by atomic mass is 32.1. The molecule has 118 valence electrons. The van der Waals surface area contributed by atoms with Gasteiger partial charge in [-0.3, -0.25) is 0 Å². The summed E-state index contributed by atoms with van der Waals surface area (Å²) in [4.78, 5) is 0. The minimum absolute atomic E-state index is 1.24. The second-order valence-corrected chi connectivity index (χ2v) is 21.3. The molecule has 0 saturated heterocycles. The summed E-state index contributed by atoms with van der Waals surface area (Å²) in [6.07, 6.45) is 0. The monoisotopic (exact) mass is 362 g/mol. The molecule has 2 heterocycles. The first kappa shape index (κ1) is 16.4. The zero-order valence-electron chi connectivity index (χ0n) is 15.0. The second-order valence-electron chi connectivity index (χ2n) is 8.46. The lowest BCUT2D eigenvalue weighted by atomic mass is 10.1. The van der Waals surface area contributed by atoms with Crippen molar-refractivity contribution >= 4 is 68.0 Å². The highest BCUT2D eigenvalue weighted by Crippen LogP contribution is 2.35. The SMILES string of the molecule is Cc1c([Si](C)(C)C)sc2cc3c(C)c([Si](C)(C)C)sc3cc12. The summed E-state index contributed by atoms with van der Waals surface area (Å²) in [6.45, 7) is 19.4. The summed E-state index contributed by atoms with van der Waals surface area (Å²) in [6, 6.07) is 4.95. The summed E-state index contributed by atoms with van der Waals surface area (Å²) in [5.74, 6) is 0. The lowest BCUT2D eigenvalue weighted by Gasteiger charge is -2.14. The zero-order valence-corrected chi connectivity index (χ0v) is 18.6. The van der Waals surface area contributed by atoms with Crippen molar-refractivity contribution in [3.63, 3.8) is 0 Å². The molecule has 0 unspecified atom stereocenters. The Morgan fingerprint density at radius 1 is 0.636 bits per heavy atom. The molecule has 0 amide bonds. The maximum atomic E-state index is 2.47. The topological polar surface area (TPSA) is 0 Å². The van der Waals surface area contributed by atoms with Gasteiger partial charge in [0.2, 0.25) is 0 Å². The normalized spacial score (nSPS) is 13.5. The van der Waals surface area contributed by atoms with Crippen molar-refractivity contribution < 1.29 is 0 Å². The van der Waals surface area contributed by atoms with E-state index in [-0.39, 0.29) is 0 Å². The molecule has 22 heavy (non-hydrogen) atoms. The molecule has 0 fully saturated rings. The zero-order chi connectivity index (χ0) is 16.4. The number of fused-ring (bicyclic) bond motifs is 2. The summed E-state index contributed by atoms with van der Waals surface area (Å²) in [7, 11) is -2.48. The first-order valence-electron chi connectivity index (χ1n) is 7.97. The standard InChI is InChI=1S/C18H26S2Si2/c1-11-13-9-16-14(12(2)18(20-16)22(6,7)8)10-15(13)19-17(11)21(3,4)5/h9-10H,1-8H3. The molecule has 3 aromatic rings. The molecule has 0 aliphatic heterocycles. The fourth-order valence-corrected chi connectivity index (χ4v) is 11.0. The van der Waals surface area contributed by atoms with Gasteiger partial charge in [0.15, 0.2) is 0 Å². The van der Waals surface area contributed by atoms with Crippen LogP contribution in [0.2, 0.25) is 39.3 Å². The molecule has 0 atom stereocenters. The Morgan fingerprint density at radius 2 is 0.955 bits per heavy atom. The number of benzene rings is 1. The molecule has 0 saturated carbocycles. The molecular weight excluding hydrogens is 337 g/mol. The lowest BCUT2D eigenvalue weighted by Crippen LogP contribution is -2.36. The molecule has 0 spiro atoms. The van der Waals surface area contributed by atoms with E-state index in [0.717, 1.165) is 0 Å². The van der Waals surface area contributed by atoms with Crippen LogP contribution in [0.1, 0.15) is 11.1 Å². The number of thiophene rings is 2. The van der Waals surface area contributed by atoms with Crippen LogP contribution in [0.3, 0.4) is 0 Å². The van der Waals surface area contributed by atoms with E-state index in [4.69, 9.17) is 0 Å². The Labute approximate surface area is 144 Å². The third-order valence-corrected chi connectivity index (χ3v) is 14.3. The van der Waals surface area contributed by atoms with Crippen molar-refractivity contribution in [1.82, 2.24) is 0 Å². The fourth-order valence-electron chi connectivity index (χ4n) is 3.36. The predicted octanol–water partition coefficient (Wildman–Crippen LogP) is 5.82. The molecule has 1 aromatic carbocycles. The summed E-state index contributed by atoms with van der Waals surface area (Å²) >= 11 is 4.10. The van der Waals surface area contributed by atoms with E-state index in [1.165, 1.54) is 20.2 Å². The number of hydrogen-bond acceptors (Lipinski definition) is 2. The van der Waals surface area contributed by atoms with Crippen molar-refractivity contribution in [2.45, 2.75) is 53.1 Å². The van der Waals surface area contributed by atoms with Crippen LogP contribution in [0.25, 0.3) is 20.2 Å². The van der Waals surface area contributed by atoms with Gasteiger partial charge in [0.1, 0.15) is 0 Å². The van der Waals surface area contributed by atoms with Gasteiger partial charge in [-0.1, -0.05) is 39.3 Å². The van der Waals surface area contributed by atoms with Crippen molar-refractivity contribution in [3.05, 3.63) is 23.3 Å². The van der Waals surface area contributed by atoms with E-state index in [1.54, 1.807) is 20.1 Å². The van der Waals surface area contributed by atoms with Gasteiger partial charge in [0.05, 0.1) is 16.1 Å². The smallest absolute Gasteiger partial charge is 0.0908 e. The third kappa shape index (κ3) is 2.54. The van der Waals surface area contributed by atoms with Crippen LogP contribution < -0.4 is 9.00 Å². The molecule has 0 nitrogen and oxygen atoms in total. The van der Waals surface area contributed by atoms with E-state index in [9.17, 15) is 0 Å². The molecule has 0 aliphatic carbocycles. The Kier molecular flexibility index (Phi) is 3.76. The quantitative estimate of drug-likeness (QED) is 0.504. The lowest BCUT2D eigenvalue weighted by molar-refractivity contribution is 1.59. The van der Waals surface area contributed by atoms with Gasteiger partial charge in [-0.2, -0.15) is 0 Å². The maximum absolute atomic E-state index is 2.47. The average molecular weight is 363 g/mol. The van der Waals surface area contributed by atoms with Gasteiger partial charge in [0.25, 0.3) is 0 Å². The van der Waals surface area contributed by atoms with Crippen LogP contribution in [0.4, 0.5) is 0 Å². The number of rotatable bonds is 2. The van der Waals surface area contributed by atoms with Crippen LogP contribution in [-0.4, -0.2) is 16.1 Å². The van der Waals surface area contributed by atoms with Crippen LogP contribution in [0.5, 0.6) is 0 Å². The molecule has 0 aliphatic rings. The number of hydrogen-bond donors (Lipinski definition) is 0.